The molecule has 2 N–H and O–H groups in total. The summed E-state index contributed by atoms with van der Waals surface area (Å²) in [7, 11) is 0. The number of rotatable bonds is 9. The van der Waals surface area contributed by atoms with Crippen LogP contribution in [0.2, 0.25) is 0 Å². The average Bonchev–Trinajstić information content (AvgIpc) is 2.70. The lowest BCUT2D eigenvalue weighted by atomic mass is 10.2. The Labute approximate surface area is 156 Å². The number of para-hydroxylation sites is 1. The Kier molecular flexibility index (Phi) is 7.76. The number of hydrogen-bond acceptors (Lipinski definition) is 5. The van der Waals surface area contributed by atoms with E-state index in [0.29, 0.717) is 0 Å². The molecule has 0 radical (unpaired) electrons. The van der Waals surface area contributed by atoms with Crippen molar-refractivity contribution in [2.24, 2.45) is 0 Å². The highest BCUT2D eigenvalue weighted by molar-refractivity contribution is 5.82. The van der Waals surface area contributed by atoms with E-state index in [1.165, 1.54) is 18.2 Å². The van der Waals surface area contributed by atoms with Gasteiger partial charge in [-0.05, 0) is 24.1 Å². The molecule has 0 aliphatic rings. The minimum absolute atomic E-state index is 0.0264. The van der Waals surface area contributed by atoms with Gasteiger partial charge in [0.2, 0.25) is 0 Å². The Morgan fingerprint density at radius 3 is 2.44 bits per heavy atom. The molecular weight excluding hydrogens is 353 g/mol. The first kappa shape index (κ1) is 20.4. The Hall–Kier alpha value is -2.93. The highest BCUT2D eigenvalue weighted by Crippen LogP contribution is 2.18. The number of benzene rings is 2. The maximum absolute atomic E-state index is 13.6. The number of aliphatic hydroxyl groups excluding tert-OH is 1. The molecule has 0 fully saturated rings. The molecule has 0 bridgehead atoms. The van der Waals surface area contributed by atoms with Gasteiger partial charge in [0.15, 0.2) is 23.8 Å². The van der Waals surface area contributed by atoms with E-state index in [-0.39, 0.29) is 25.3 Å². The van der Waals surface area contributed by atoms with E-state index < -0.39 is 29.9 Å². The van der Waals surface area contributed by atoms with Gasteiger partial charge in [-0.25, -0.2) is 9.18 Å². The number of aliphatic hydroxyl groups is 1. The summed E-state index contributed by atoms with van der Waals surface area (Å²) >= 11 is 0. The lowest BCUT2D eigenvalue weighted by Gasteiger charge is -2.18. The summed E-state index contributed by atoms with van der Waals surface area (Å²) in [5.41, 5.74) is 0.784. The molecular formula is C20H22FNO5. The summed E-state index contributed by atoms with van der Waals surface area (Å²) in [5.74, 6) is -2.02. The third kappa shape index (κ3) is 6.38. The van der Waals surface area contributed by atoms with E-state index in [1.54, 1.807) is 37.3 Å². The summed E-state index contributed by atoms with van der Waals surface area (Å²) in [4.78, 5) is 24.0. The maximum Gasteiger partial charge on any atom is 0.337 e. The van der Waals surface area contributed by atoms with Gasteiger partial charge < -0.3 is 19.9 Å². The minimum Gasteiger partial charge on any atom is -0.478 e. The first-order valence-corrected chi connectivity index (χ1v) is 8.58. The van der Waals surface area contributed by atoms with Crippen molar-refractivity contribution < 1.29 is 28.6 Å². The van der Waals surface area contributed by atoms with Crippen molar-refractivity contribution in [2.75, 3.05) is 6.54 Å². The number of carbonyl (C=O) groups is 2. The normalized spacial score (nSPS) is 12.7. The molecule has 0 saturated heterocycles. The second kappa shape index (κ2) is 10.3. The van der Waals surface area contributed by atoms with E-state index >= 15 is 0 Å². The summed E-state index contributed by atoms with van der Waals surface area (Å²) < 4.78 is 24.0. The van der Waals surface area contributed by atoms with Crippen molar-refractivity contribution in [3.8, 4) is 5.75 Å². The van der Waals surface area contributed by atoms with Gasteiger partial charge in [-0.1, -0.05) is 49.4 Å². The molecule has 2 atom stereocenters. The molecule has 0 unspecified atom stereocenters. The van der Waals surface area contributed by atoms with Gasteiger partial charge in [-0.2, -0.15) is 0 Å². The van der Waals surface area contributed by atoms with Crippen molar-refractivity contribution in [1.82, 2.24) is 5.32 Å². The van der Waals surface area contributed by atoms with Gasteiger partial charge in [-0.15, -0.1) is 0 Å². The summed E-state index contributed by atoms with van der Waals surface area (Å²) in [6.45, 7) is 1.40. The molecule has 7 heteroatoms. The van der Waals surface area contributed by atoms with Crippen molar-refractivity contribution in [1.29, 1.82) is 0 Å². The first-order valence-electron chi connectivity index (χ1n) is 8.58. The van der Waals surface area contributed by atoms with E-state index in [4.69, 9.17) is 9.47 Å². The van der Waals surface area contributed by atoms with Crippen LogP contribution in [0.1, 0.15) is 18.9 Å². The number of esters is 1. The molecule has 2 aromatic carbocycles. The fourth-order valence-electron chi connectivity index (χ4n) is 2.24. The lowest BCUT2D eigenvalue weighted by molar-refractivity contribution is -0.154. The fraction of sp³-hybridized carbons (Fsp3) is 0.300. The predicted octanol–water partition coefficient (Wildman–Crippen LogP) is 2.20. The zero-order valence-corrected chi connectivity index (χ0v) is 14.9. The zero-order chi connectivity index (χ0) is 19.6. The lowest BCUT2D eigenvalue weighted by Crippen LogP contribution is -2.43. The van der Waals surface area contributed by atoms with Crippen LogP contribution in [0.15, 0.2) is 54.6 Å². The quantitative estimate of drug-likeness (QED) is 0.657. The second-order valence-electron chi connectivity index (χ2n) is 5.80. The van der Waals surface area contributed by atoms with Gasteiger partial charge >= 0.3 is 5.97 Å². The van der Waals surface area contributed by atoms with Crippen LogP contribution in [0.5, 0.6) is 5.75 Å². The minimum atomic E-state index is -1.51. The largest absolute Gasteiger partial charge is 0.478 e. The van der Waals surface area contributed by atoms with Crippen molar-refractivity contribution in [3.05, 3.63) is 66.0 Å². The molecule has 144 valence electrons. The van der Waals surface area contributed by atoms with Crippen LogP contribution in [-0.2, 0) is 20.9 Å². The van der Waals surface area contributed by atoms with Crippen LogP contribution in [0.25, 0.3) is 0 Å². The molecule has 6 nitrogen and oxygen atoms in total. The summed E-state index contributed by atoms with van der Waals surface area (Å²) in [6.07, 6.45) is -2.17. The standard InChI is InChI=1S/C20H22FNO5/c1-2-17(27-18-11-7-6-10-15(18)21)19(24)22-12-16(23)20(25)26-13-14-8-4-3-5-9-14/h3-11,16-17,23H,2,12-13H2,1H3,(H,22,24)/t16-,17-/m1/s1. The van der Waals surface area contributed by atoms with Gasteiger partial charge in [0.1, 0.15) is 6.61 Å². The van der Waals surface area contributed by atoms with Crippen LogP contribution in [0.3, 0.4) is 0 Å². The monoisotopic (exact) mass is 375 g/mol. The predicted molar refractivity (Wildman–Crippen MR) is 96.4 cm³/mol. The number of hydrogen-bond donors (Lipinski definition) is 2. The number of carbonyl (C=O) groups excluding carboxylic acids is 2. The van der Waals surface area contributed by atoms with Gasteiger partial charge in [0, 0.05) is 0 Å². The Balaban J connectivity index is 1.80. The van der Waals surface area contributed by atoms with Crippen molar-refractivity contribution in [3.63, 3.8) is 0 Å². The van der Waals surface area contributed by atoms with E-state index in [9.17, 15) is 19.1 Å². The maximum atomic E-state index is 13.6. The van der Waals surface area contributed by atoms with Crippen LogP contribution < -0.4 is 10.1 Å². The van der Waals surface area contributed by atoms with Crippen LogP contribution in [-0.4, -0.2) is 35.7 Å². The average molecular weight is 375 g/mol. The van der Waals surface area contributed by atoms with Gasteiger partial charge in [0.25, 0.3) is 5.91 Å². The molecule has 0 saturated carbocycles. The number of amides is 1. The third-order valence-electron chi connectivity index (χ3n) is 3.73. The number of nitrogens with one attached hydrogen (secondary N) is 1. The molecule has 0 spiro atoms. The molecule has 2 rings (SSSR count). The number of ether oxygens (including phenoxy) is 2. The smallest absolute Gasteiger partial charge is 0.337 e. The van der Waals surface area contributed by atoms with E-state index in [1.807, 2.05) is 6.07 Å². The topological polar surface area (TPSA) is 84.9 Å². The molecule has 0 aromatic heterocycles. The van der Waals surface area contributed by atoms with Gasteiger partial charge in [-0.3, -0.25) is 4.79 Å². The highest BCUT2D eigenvalue weighted by Gasteiger charge is 2.23. The highest BCUT2D eigenvalue weighted by atomic mass is 19.1. The summed E-state index contributed by atoms with van der Waals surface area (Å²) in [5, 5.41) is 12.3. The molecule has 0 aliphatic carbocycles. The number of halogens is 1. The van der Waals surface area contributed by atoms with E-state index in [0.717, 1.165) is 5.56 Å². The Morgan fingerprint density at radius 2 is 1.78 bits per heavy atom. The fourth-order valence-corrected chi connectivity index (χ4v) is 2.24. The molecule has 0 aliphatic heterocycles. The SMILES string of the molecule is CC[C@@H](Oc1ccccc1F)C(=O)NC[C@@H](O)C(=O)OCc1ccccc1. The Morgan fingerprint density at radius 1 is 1.11 bits per heavy atom. The molecule has 0 heterocycles. The zero-order valence-electron chi connectivity index (χ0n) is 14.9. The Bertz CT molecular complexity index is 753. The van der Waals surface area contributed by atoms with Crippen LogP contribution in [0, 0.1) is 5.82 Å². The molecule has 27 heavy (non-hydrogen) atoms. The molecule has 2 aromatic rings. The van der Waals surface area contributed by atoms with Crippen molar-refractivity contribution >= 4 is 11.9 Å². The third-order valence-corrected chi connectivity index (χ3v) is 3.73. The van der Waals surface area contributed by atoms with E-state index in [2.05, 4.69) is 5.32 Å². The summed E-state index contributed by atoms with van der Waals surface area (Å²) in [6, 6.07) is 14.8. The van der Waals surface area contributed by atoms with Crippen LogP contribution in [0.4, 0.5) is 4.39 Å². The molecule has 1 amide bonds. The first-order chi connectivity index (χ1) is 13.0. The van der Waals surface area contributed by atoms with Crippen molar-refractivity contribution in [2.45, 2.75) is 32.2 Å². The van der Waals surface area contributed by atoms with Gasteiger partial charge in [0.05, 0.1) is 6.54 Å². The second-order valence-corrected chi connectivity index (χ2v) is 5.80. The van der Waals surface area contributed by atoms with Crippen LogP contribution >= 0.6 is 0 Å².